The number of aliphatic hydroxyl groups is 2. The molecular weight excluding hydrogens is 130 g/mol. The summed E-state index contributed by atoms with van der Waals surface area (Å²) in [6.45, 7) is 3.06. The van der Waals surface area contributed by atoms with E-state index in [-0.39, 0.29) is 0 Å². The van der Waals surface area contributed by atoms with Crippen LogP contribution in [-0.4, -0.2) is 35.0 Å². The average Bonchev–Trinajstić information content (AvgIpc) is 1.81. The highest BCUT2D eigenvalue weighted by molar-refractivity contribution is 4.83. The van der Waals surface area contributed by atoms with Crippen LogP contribution in [0.3, 0.4) is 0 Å². The van der Waals surface area contributed by atoms with E-state index >= 15 is 0 Å². The summed E-state index contributed by atoms with van der Waals surface area (Å²) in [5.74, 6) is 0. The molecule has 0 amide bonds. The van der Waals surface area contributed by atoms with Crippen LogP contribution >= 0.6 is 0 Å². The van der Waals surface area contributed by atoms with Gasteiger partial charge in [-0.05, 0) is 6.92 Å². The maximum Gasteiger partial charge on any atom is 0.129 e. The summed E-state index contributed by atoms with van der Waals surface area (Å²) in [6.07, 6.45) is 0.0150. The number of quaternary nitrogens is 1. The summed E-state index contributed by atoms with van der Waals surface area (Å²) in [5.41, 5.74) is -0.888. The van der Waals surface area contributed by atoms with Crippen molar-refractivity contribution >= 4 is 0 Å². The Kier molecular flexibility index (Phi) is 1.99. The monoisotopic (exact) mass is 145 g/mol. The summed E-state index contributed by atoms with van der Waals surface area (Å²) in [4.78, 5) is 1.04. The molecule has 0 saturated carbocycles. The van der Waals surface area contributed by atoms with Crippen LogP contribution in [0.25, 0.3) is 0 Å². The highest BCUT2D eigenvalue weighted by Crippen LogP contribution is 2.14. The molecule has 0 bridgehead atoms. The number of hydrogen-bond acceptors (Lipinski definition) is 2. The first-order valence-corrected chi connectivity index (χ1v) is 3.59. The Morgan fingerprint density at radius 1 is 1.70 bits per heavy atom. The second-order valence-corrected chi connectivity index (χ2v) is 3.33. The third-order valence-electron chi connectivity index (χ3n) is 2.18. The topological polar surface area (TPSA) is 44.9 Å². The first-order chi connectivity index (χ1) is 4.52. The first kappa shape index (κ1) is 7.98. The molecule has 10 heavy (non-hydrogen) atoms. The number of rotatable bonds is 0. The standard InChI is InChI=1S/C7H15NO2/c1-7(10)3-4-8(2)5-6(7)9/h6,8-10H,2-5H2,1H3/t6-,7+/m1/s1. The van der Waals surface area contributed by atoms with Gasteiger partial charge >= 0.3 is 0 Å². The molecule has 3 heteroatoms. The van der Waals surface area contributed by atoms with Crippen LogP contribution in [0.15, 0.2) is 0 Å². The van der Waals surface area contributed by atoms with Crippen molar-refractivity contribution in [1.29, 1.82) is 0 Å². The zero-order chi connectivity index (χ0) is 7.78. The highest BCUT2D eigenvalue weighted by atomic mass is 16.3. The van der Waals surface area contributed by atoms with Crippen molar-refractivity contribution in [2.24, 2.45) is 0 Å². The molecule has 3 nitrogen and oxygen atoms in total. The molecule has 1 aliphatic heterocycles. The van der Waals surface area contributed by atoms with Crippen molar-refractivity contribution in [3.63, 3.8) is 0 Å². The van der Waals surface area contributed by atoms with E-state index in [0.717, 1.165) is 11.4 Å². The van der Waals surface area contributed by atoms with E-state index in [9.17, 15) is 10.2 Å². The minimum absolute atomic E-state index is 0.549. The summed E-state index contributed by atoms with van der Waals surface area (Å²) in [7, 11) is 3.76. The van der Waals surface area contributed by atoms with Gasteiger partial charge in [-0.25, -0.2) is 0 Å². The van der Waals surface area contributed by atoms with Crippen LogP contribution in [0.2, 0.25) is 0 Å². The fourth-order valence-electron chi connectivity index (χ4n) is 1.19. The fraction of sp³-hybridized carbons (Fsp3) is 0.857. The molecule has 0 radical (unpaired) electrons. The number of likely N-dealkylation sites (tertiary alicyclic amines) is 1. The van der Waals surface area contributed by atoms with Crippen LogP contribution in [0.1, 0.15) is 13.3 Å². The van der Waals surface area contributed by atoms with Gasteiger partial charge in [0.2, 0.25) is 0 Å². The van der Waals surface area contributed by atoms with E-state index in [2.05, 4.69) is 7.05 Å². The fourth-order valence-corrected chi connectivity index (χ4v) is 1.19. The molecule has 0 aromatic heterocycles. The Balaban J connectivity index is 2.52. The summed E-state index contributed by atoms with van der Waals surface area (Å²) in [5, 5.41) is 18.8. The van der Waals surface area contributed by atoms with Gasteiger partial charge in [0.1, 0.15) is 6.10 Å². The zero-order valence-electron chi connectivity index (χ0n) is 6.30. The number of nitrogens with one attached hydrogen (secondary N) is 1. The quantitative estimate of drug-likeness (QED) is 0.351. The second-order valence-electron chi connectivity index (χ2n) is 3.33. The molecule has 0 aliphatic carbocycles. The van der Waals surface area contributed by atoms with Crippen molar-refractivity contribution in [1.82, 2.24) is 0 Å². The predicted molar refractivity (Wildman–Crippen MR) is 37.3 cm³/mol. The zero-order valence-corrected chi connectivity index (χ0v) is 6.30. The Bertz CT molecular complexity index is 125. The van der Waals surface area contributed by atoms with Gasteiger partial charge in [-0.15, -0.1) is 0 Å². The Morgan fingerprint density at radius 3 is 2.70 bits per heavy atom. The number of aliphatic hydroxyl groups excluding tert-OH is 1. The summed E-state index contributed by atoms with van der Waals surface area (Å²) < 4.78 is 0. The van der Waals surface area contributed by atoms with Crippen LogP contribution in [0.4, 0.5) is 0 Å². The lowest BCUT2D eigenvalue weighted by Gasteiger charge is -2.38. The minimum Gasteiger partial charge on any atom is -0.466 e. The Morgan fingerprint density at radius 2 is 2.30 bits per heavy atom. The molecule has 0 aromatic carbocycles. The summed E-state index contributed by atoms with van der Waals surface area (Å²) >= 11 is 0. The second kappa shape index (κ2) is 2.49. The first-order valence-electron chi connectivity index (χ1n) is 3.59. The molecule has 0 aromatic rings. The van der Waals surface area contributed by atoms with Crippen molar-refractivity contribution in [2.45, 2.75) is 25.0 Å². The average molecular weight is 145 g/mol. The van der Waals surface area contributed by atoms with E-state index < -0.39 is 11.7 Å². The van der Waals surface area contributed by atoms with Crippen LogP contribution in [-0.2, 0) is 0 Å². The van der Waals surface area contributed by atoms with Gasteiger partial charge < -0.3 is 15.1 Å². The molecule has 60 valence electrons. The van der Waals surface area contributed by atoms with E-state index in [1.165, 1.54) is 0 Å². The Hall–Kier alpha value is -0.120. The molecule has 1 unspecified atom stereocenters. The third-order valence-corrected chi connectivity index (χ3v) is 2.18. The maximum absolute atomic E-state index is 9.47. The van der Waals surface area contributed by atoms with E-state index in [1.807, 2.05) is 0 Å². The van der Waals surface area contributed by atoms with E-state index in [0.29, 0.717) is 13.0 Å². The molecule has 1 saturated heterocycles. The van der Waals surface area contributed by atoms with Gasteiger partial charge in [-0.2, -0.15) is 7.05 Å². The van der Waals surface area contributed by atoms with Crippen LogP contribution < -0.4 is 4.90 Å². The minimum atomic E-state index is -0.888. The van der Waals surface area contributed by atoms with Crippen molar-refractivity contribution in [3.05, 3.63) is 7.05 Å². The van der Waals surface area contributed by atoms with Crippen molar-refractivity contribution in [3.8, 4) is 0 Å². The van der Waals surface area contributed by atoms with Crippen molar-refractivity contribution in [2.75, 3.05) is 13.1 Å². The lowest BCUT2D eigenvalue weighted by molar-refractivity contribution is -0.866. The molecule has 1 fully saturated rings. The lowest BCUT2D eigenvalue weighted by atomic mass is 9.91. The molecule has 1 rings (SSSR count). The van der Waals surface area contributed by atoms with E-state index in [4.69, 9.17) is 0 Å². The third kappa shape index (κ3) is 1.48. The predicted octanol–water partition coefficient (Wildman–Crippen LogP) is -1.82. The van der Waals surface area contributed by atoms with Gasteiger partial charge in [0.15, 0.2) is 0 Å². The number of hydrogen-bond donors (Lipinski definition) is 3. The van der Waals surface area contributed by atoms with Crippen molar-refractivity contribution < 1.29 is 15.1 Å². The largest absolute Gasteiger partial charge is 0.466 e. The molecule has 0 spiro atoms. The van der Waals surface area contributed by atoms with Gasteiger partial charge in [-0.3, -0.25) is 0 Å². The molecule has 1 heterocycles. The number of piperidine rings is 1. The maximum atomic E-state index is 9.47. The lowest BCUT2D eigenvalue weighted by Crippen LogP contribution is -3.10. The smallest absolute Gasteiger partial charge is 0.129 e. The highest BCUT2D eigenvalue weighted by Gasteiger charge is 2.35. The van der Waals surface area contributed by atoms with Gasteiger partial charge in [0.05, 0.1) is 18.7 Å². The molecule has 1 aliphatic rings. The Labute approximate surface area is 61.3 Å². The molecular formula is C7H15NO2. The van der Waals surface area contributed by atoms with Crippen LogP contribution in [0.5, 0.6) is 0 Å². The van der Waals surface area contributed by atoms with Gasteiger partial charge in [0.25, 0.3) is 0 Å². The molecule has 3 N–H and O–H groups in total. The van der Waals surface area contributed by atoms with Gasteiger partial charge in [-0.1, -0.05) is 0 Å². The molecule has 3 atom stereocenters. The van der Waals surface area contributed by atoms with E-state index in [1.54, 1.807) is 6.92 Å². The van der Waals surface area contributed by atoms with Gasteiger partial charge in [0, 0.05) is 6.42 Å². The summed E-state index contributed by atoms with van der Waals surface area (Å²) in [6, 6.07) is 0. The normalized spacial score (nSPS) is 49.2. The SMILES string of the molecule is [CH2-][NH+]1CC[C@](C)(O)[C@H](O)C1. The van der Waals surface area contributed by atoms with Crippen LogP contribution in [0, 0.1) is 7.05 Å².